The van der Waals surface area contributed by atoms with E-state index in [-0.39, 0.29) is 12.0 Å². The minimum absolute atomic E-state index is 0.0955. The molecular weight excluding hydrogens is 209 g/mol. The maximum atomic E-state index is 8.77. The van der Waals surface area contributed by atoms with E-state index in [1.807, 2.05) is 0 Å². The van der Waals surface area contributed by atoms with Crippen LogP contribution < -0.4 is 5.32 Å². The van der Waals surface area contributed by atoms with Crippen LogP contribution in [0.25, 0.3) is 0 Å². The van der Waals surface area contributed by atoms with Gasteiger partial charge in [0.1, 0.15) is 0 Å². The van der Waals surface area contributed by atoms with Crippen LogP contribution in [0, 0.1) is 5.41 Å². The lowest BCUT2D eigenvalue weighted by Gasteiger charge is -2.23. The minimum atomic E-state index is 0.0955. The lowest BCUT2D eigenvalue weighted by molar-refractivity contribution is 0.208. The molecule has 0 heterocycles. The molecular formula is C9H17Cl2NO. The van der Waals surface area contributed by atoms with Crippen LogP contribution in [-0.2, 0) is 0 Å². The first-order chi connectivity index (χ1) is 6.02. The zero-order valence-corrected chi connectivity index (χ0v) is 9.62. The Labute approximate surface area is 89.9 Å². The zero-order chi connectivity index (χ0) is 10.3. The molecule has 2 N–H and O–H groups in total. The fourth-order valence-corrected chi connectivity index (χ4v) is 1.12. The second-order valence-corrected chi connectivity index (χ2v) is 4.50. The molecule has 0 fully saturated rings. The molecule has 0 bridgehead atoms. The molecule has 0 rings (SSSR count). The summed E-state index contributed by atoms with van der Waals surface area (Å²) >= 11 is 11.1. The smallest absolute Gasteiger partial charge is 0.0436 e. The van der Waals surface area contributed by atoms with E-state index in [1.165, 1.54) is 5.54 Å². The lowest BCUT2D eigenvalue weighted by atomic mass is 9.90. The van der Waals surface area contributed by atoms with Gasteiger partial charge in [-0.3, -0.25) is 0 Å². The van der Waals surface area contributed by atoms with Gasteiger partial charge >= 0.3 is 0 Å². The third-order valence-corrected chi connectivity index (χ3v) is 2.42. The third-order valence-electron chi connectivity index (χ3n) is 1.80. The molecule has 2 nitrogen and oxygen atoms in total. The van der Waals surface area contributed by atoms with Gasteiger partial charge in [-0.25, -0.2) is 0 Å². The maximum Gasteiger partial charge on any atom is 0.0436 e. The number of halogens is 2. The summed E-state index contributed by atoms with van der Waals surface area (Å²) in [7, 11) is 0. The van der Waals surface area contributed by atoms with E-state index < -0.39 is 0 Å². The summed E-state index contributed by atoms with van der Waals surface area (Å²) in [5.41, 5.74) is 1.45. The van der Waals surface area contributed by atoms with E-state index in [2.05, 4.69) is 19.2 Å². The maximum absolute atomic E-state index is 8.77. The van der Waals surface area contributed by atoms with Crippen LogP contribution in [0.3, 0.4) is 0 Å². The Kier molecular flexibility index (Phi) is 6.78. The Bertz CT molecular complexity index is 169. The van der Waals surface area contributed by atoms with Crippen LogP contribution in [0.15, 0.2) is 10.6 Å². The Balaban J connectivity index is 3.63. The predicted octanol–water partition coefficient (Wildman–Crippen LogP) is 2.30. The van der Waals surface area contributed by atoms with Gasteiger partial charge in [-0.05, 0) is 11.8 Å². The van der Waals surface area contributed by atoms with Crippen molar-refractivity contribution in [3.05, 3.63) is 10.6 Å². The summed E-state index contributed by atoms with van der Waals surface area (Å²) in [6, 6.07) is 0. The summed E-state index contributed by atoms with van der Waals surface area (Å²) < 4.78 is 0. The highest BCUT2D eigenvalue weighted by atomic mass is 35.5. The Morgan fingerprint density at radius 2 is 2.15 bits per heavy atom. The fraction of sp³-hybridized carbons (Fsp3) is 0.778. The van der Waals surface area contributed by atoms with Crippen molar-refractivity contribution >= 4 is 23.2 Å². The van der Waals surface area contributed by atoms with Crippen molar-refractivity contribution in [3.63, 3.8) is 0 Å². The molecule has 13 heavy (non-hydrogen) atoms. The van der Waals surface area contributed by atoms with Gasteiger partial charge in [-0.1, -0.05) is 37.0 Å². The number of aliphatic hydroxyl groups is 1. The van der Waals surface area contributed by atoms with Gasteiger partial charge in [-0.15, -0.1) is 0 Å². The molecule has 0 saturated heterocycles. The summed E-state index contributed by atoms with van der Waals surface area (Å²) in [5.74, 6) is 0. The minimum Gasteiger partial charge on any atom is -0.396 e. The zero-order valence-electron chi connectivity index (χ0n) is 8.11. The molecule has 0 aliphatic carbocycles. The van der Waals surface area contributed by atoms with Gasteiger partial charge in [0.05, 0.1) is 0 Å². The van der Waals surface area contributed by atoms with Crippen molar-refractivity contribution in [2.24, 2.45) is 5.41 Å². The monoisotopic (exact) mass is 225 g/mol. The standard InChI is InChI=1S/C9H17Cl2NO/c1-9(2,3-4-13)7-12-6-8(11)5-10/h5,12-13H,3-4,6-7H2,1-2H3. The number of hydrogen-bond donors (Lipinski definition) is 2. The third kappa shape index (κ3) is 7.32. The van der Waals surface area contributed by atoms with Gasteiger partial charge in [-0.2, -0.15) is 0 Å². The average Bonchev–Trinajstić information content (AvgIpc) is 2.03. The normalized spacial score (nSPS) is 13.5. The van der Waals surface area contributed by atoms with E-state index in [1.54, 1.807) is 0 Å². The molecule has 78 valence electrons. The largest absolute Gasteiger partial charge is 0.396 e. The molecule has 0 aliphatic rings. The number of hydrogen-bond acceptors (Lipinski definition) is 2. The van der Waals surface area contributed by atoms with Gasteiger partial charge in [0.2, 0.25) is 0 Å². The predicted molar refractivity (Wildman–Crippen MR) is 58.1 cm³/mol. The van der Waals surface area contributed by atoms with Gasteiger partial charge in [0, 0.05) is 30.3 Å². The van der Waals surface area contributed by atoms with Crippen molar-refractivity contribution in [1.29, 1.82) is 0 Å². The number of rotatable bonds is 6. The summed E-state index contributed by atoms with van der Waals surface area (Å²) in [6.45, 7) is 5.80. The highest BCUT2D eigenvalue weighted by Gasteiger charge is 2.15. The van der Waals surface area contributed by atoms with Gasteiger partial charge < -0.3 is 10.4 Å². The Morgan fingerprint density at radius 1 is 1.54 bits per heavy atom. The molecule has 0 aromatic carbocycles. The van der Waals surface area contributed by atoms with Crippen molar-refractivity contribution in [2.75, 3.05) is 19.7 Å². The number of aliphatic hydroxyl groups excluding tert-OH is 1. The van der Waals surface area contributed by atoms with Crippen molar-refractivity contribution in [3.8, 4) is 0 Å². The number of nitrogens with one attached hydrogen (secondary N) is 1. The first-order valence-electron chi connectivity index (χ1n) is 4.28. The summed E-state index contributed by atoms with van der Waals surface area (Å²) in [6.07, 6.45) is 0.780. The molecule has 0 amide bonds. The molecule has 4 heteroatoms. The van der Waals surface area contributed by atoms with E-state index in [0.29, 0.717) is 11.6 Å². The van der Waals surface area contributed by atoms with Crippen molar-refractivity contribution in [1.82, 2.24) is 5.32 Å². The van der Waals surface area contributed by atoms with Crippen LogP contribution in [0.5, 0.6) is 0 Å². The first kappa shape index (κ1) is 13.2. The second kappa shape index (κ2) is 6.66. The molecule has 0 radical (unpaired) electrons. The molecule has 0 atom stereocenters. The Morgan fingerprint density at radius 3 is 2.62 bits per heavy atom. The van der Waals surface area contributed by atoms with Gasteiger partial charge in [0.25, 0.3) is 0 Å². The van der Waals surface area contributed by atoms with E-state index >= 15 is 0 Å². The van der Waals surface area contributed by atoms with Crippen molar-refractivity contribution in [2.45, 2.75) is 20.3 Å². The molecule has 0 saturated carbocycles. The second-order valence-electron chi connectivity index (χ2n) is 3.80. The molecule has 0 aliphatic heterocycles. The first-order valence-corrected chi connectivity index (χ1v) is 5.09. The Hall–Kier alpha value is 0.240. The van der Waals surface area contributed by atoms with Crippen molar-refractivity contribution < 1.29 is 5.11 Å². The molecule has 0 spiro atoms. The van der Waals surface area contributed by atoms with Gasteiger partial charge in [0.15, 0.2) is 0 Å². The highest BCUT2D eigenvalue weighted by Crippen LogP contribution is 2.18. The quantitative estimate of drug-likeness (QED) is 0.728. The molecule has 0 aromatic heterocycles. The average molecular weight is 226 g/mol. The van der Waals surface area contributed by atoms with Crippen LogP contribution in [0.1, 0.15) is 20.3 Å². The van der Waals surface area contributed by atoms with Crippen LogP contribution in [-0.4, -0.2) is 24.8 Å². The molecule has 0 aromatic rings. The van der Waals surface area contributed by atoms with Crippen LogP contribution in [0.4, 0.5) is 0 Å². The molecule has 0 unspecified atom stereocenters. The highest BCUT2D eigenvalue weighted by molar-refractivity contribution is 6.36. The van der Waals surface area contributed by atoms with Crippen LogP contribution in [0.2, 0.25) is 0 Å². The topological polar surface area (TPSA) is 32.3 Å². The van der Waals surface area contributed by atoms with Crippen LogP contribution >= 0.6 is 23.2 Å². The fourth-order valence-electron chi connectivity index (χ4n) is 0.950. The lowest BCUT2D eigenvalue weighted by Crippen LogP contribution is -2.30. The summed E-state index contributed by atoms with van der Waals surface area (Å²) in [4.78, 5) is 0. The van der Waals surface area contributed by atoms with E-state index in [0.717, 1.165) is 13.0 Å². The van der Waals surface area contributed by atoms with E-state index in [4.69, 9.17) is 28.3 Å². The summed E-state index contributed by atoms with van der Waals surface area (Å²) in [5, 5.41) is 12.5. The van der Waals surface area contributed by atoms with E-state index in [9.17, 15) is 0 Å². The SMILES string of the molecule is CC(C)(CCO)CNCC(Cl)=CCl.